The number of hydrogen-bond acceptors (Lipinski definition) is 3. The van der Waals surface area contributed by atoms with Gasteiger partial charge in [0.15, 0.2) is 0 Å². The van der Waals surface area contributed by atoms with E-state index in [1.165, 1.54) is 0 Å². The molecular formula is C9H16O3. The van der Waals surface area contributed by atoms with Gasteiger partial charge in [-0.05, 0) is 12.8 Å². The lowest BCUT2D eigenvalue weighted by molar-refractivity contribution is -0.157. The van der Waals surface area contributed by atoms with E-state index in [1.54, 1.807) is 0 Å². The second-order valence-electron chi connectivity index (χ2n) is 4.15. The van der Waals surface area contributed by atoms with Crippen LogP contribution in [0.3, 0.4) is 0 Å². The van der Waals surface area contributed by atoms with Crippen LogP contribution in [0.2, 0.25) is 0 Å². The number of aliphatic hydroxyl groups excluding tert-OH is 1. The molecule has 0 aromatic carbocycles. The first kappa shape index (κ1) is 8.48. The largest absolute Gasteiger partial charge is 0.387 e. The Kier molecular flexibility index (Phi) is 1.72. The lowest BCUT2D eigenvalue weighted by Crippen LogP contribution is -2.45. The highest BCUT2D eigenvalue weighted by atomic mass is 16.6. The zero-order valence-corrected chi connectivity index (χ0v) is 7.78. The Morgan fingerprint density at radius 3 is 2.42 bits per heavy atom. The minimum absolute atomic E-state index is 0.0381. The van der Waals surface area contributed by atoms with E-state index in [0.717, 1.165) is 0 Å². The van der Waals surface area contributed by atoms with Crippen LogP contribution in [0, 0.1) is 5.92 Å². The minimum Gasteiger partial charge on any atom is -0.387 e. The van der Waals surface area contributed by atoms with Crippen LogP contribution in [0.1, 0.15) is 20.8 Å². The van der Waals surface area contributed by atoms with Crippen molar-refractivity contribution < 1.29 is 14.6 Å². The van der Waals surface area contributed by atoms with Crippen LogP contribution in [-0.2, 0) is 9.47 Å². The first-order chi connectivity index (χ1) is 5.58. The van der Waals surface area contributed by atoms with E-state index < -0.39 is 11.7 Å². The quantitative estimate of drug-likeness (QED) is 0.628. The van der Waals surface area contributed by atoms with E-state index in [1.807, 2.05) is 6.92 Å². The van der Waals surface area contributed by atoms with Crippen molar-refractivity contribution >= 4 is 0 Å². The monoisotopic (exact) mass is 172 g/mol. The van der Waals surface area contributed by atoms with Crippen LogP contribution in [-0.4, -0.2) is 35.6 Å². The first-order valence-electron chi connectivity index (χ1n) is 4.55. The summed E-state index contributed by atoms with van der Waals surface area (Å²) >= 11 is 0. The maximum atomic E-state index is 9.87. The predicted octanol–water partition coefficient (Wildman–Crippen LogP) is 0.560. The molecule has 70 valence electrons. The van der Waals surface area contributed by atoms with Crippen molar-refractivity contribution in [2.75, 3.05) is 6.61 Å². The maximum absolute atomic E-state index is 9.87. The van der Waals surface area contributed by atoms with Crippen LogP contribution in [0.15, 0.2) is 0 Å². The molecule has 2 rings (SSSR count). The molecule has 0 spiro atoms. The van der Waals surface area contributed by atoms with Crippen molar-refractivity contribution in [1.29, 1.82) is 0 Å². The molecule has 2 heterocycles. The maximum Gasteiger partial charge on any atom is 0.123 e. The SMILES string of the molecule is CC(C)[C@@]12CO[C@@H]([C@H](C)O1)[C@@H]2O. The molecule has 3 heteroatoms. The average Bonchev–Trinajstić information content (AvgIpc) is 2.42. The molecule has 2 fully saturated rings. The Morgan fingerprint density at radius 1 is 1.50 bits per heavy atom. The third kappa shape index (κ3) is 0.817. The van der Waals surface area contributed by atoms with Gasteiger partial charge < -0.3 is 14.6 Å². The Morgan fingerprint density at radius 2 is 2.17 bits per heavy atom. The van der Waals surface area contributed by atoms with Crippen LogP contribution in [0.25, 0.3) is 0 Å². The lowest BCUT2D eigenvalue weighted by atomic mass is 9.87. The molecule has 0 saturated carbocycles. The van der Waals surface area contributed by atoms with Gasteiger partial charge in [0.05, 0.1) is 12.7 Å². The summed E-state index contributed by atoms with van der Waals surface area (Å²) in [6.45, 7) is 6.62. The van der Waals surface area contributed by atoms with E-state index in [4.69, 9.17) is 9.47 Å². The van der Waals surface area contributed by atoms with Crippen molar-refractivity contribution in [2.24, 2.45) is 5.92 Å². The second-order valence-corrected chi connectivity index (χ2v) is 4.15. The smallest absolute Gasteiger partial charge is 0.123 e. The summed E-state index contributed by atoms with van der Waals surface area (Å²) in [5.74, 6) is 0.308. The molecule has 0 radical (unpaired) electrons. The van der Waals surface area contributed by atoms with Gasteiger partial charge in [-0.2, -0.15) is 0 Å². The minimum atomic E-state index is -0.438. The molecule has 2 aliphatic rings. The van der Waals surface area contributed by atoms with Crippen LogP contribution >= 0.6 is 0 Å². The molecule has 0 unspecified atom stereocenters. The normalized spacial score (nSPS) is 52.2. The van der Waals surface area contributed by atoms with Crippen molar-refractivity contribution in [3.05, 3.63) is 0 Å². The van der Waals surface area contributed by atoms with Gasteiger partial charge in [0, 0.05) is 0 Å². The van der Waals surface area contributed by atoms with Crippen molar-refractivity contribution in [3.8, 4) is 0 Å². The Labute approximate surface area is 72.7 Å². The Balaban J connectivity index is 2.27. The molecule has 3 nitrogen and oxygen atoms in total. The van der Waals surface area contributed by atoms with Gasteiger partial charge in [-0.1, -0.05) is 13.8 Å². The summed E-state index contributed by atoms with van der Waals surface area (Å²) < 4.78 is 11.2. The number of aliphatic hydroxyl groups is 1. The lowest BCUT2D eigenvalue weighted by Gasteiger charge is -2.33. The molecule has 0 aromatic heterocycles. The molecule has 1 N–H and O–H groups in total. The molecule has 2 bridgehead atoms. The molecule has 0 aliphatic carbocycles. The van der Waals surface area contributed by atoms with Gasteiger partial charge in [-0.3, -0.25) is 0 Å². The highest BCUT2D eigenvalue weighted by Crippen LogP contribution is 2.44. The van der Waals surface area contributed by atoms with Crippen LogP contribution < -0.4 is 0 Å². The molecule has 0 amide bonds. The van der Waals surface area contributed by atoms with Crippen molar-refractivity contribution in [3.63, 3.8) is 0 Å². The topological polar surface area (TPSA) is 38.7 Å². The van der Waals surface area contributed by atoms with Crippen molar-refractivity contribution in [1.82, 2.24) is 0 Å². The Bertz CT molecular complexity index is 192. The first-order valence-corrected chi connectivity index (χ1v) is 4.55. The summed E-state index contributed by atoms with van der Waals surface area (Å²) in [5, 5.41) is 9.87. The van der Waals surface area contributed by atoms with Crippen LogP contribution in [0.4, 0.5) is 0 Å². The highest BCUT2D eigenvalue weighted by Gasteiger charge is 2.60. The van der Waals surface area contributed by atoms with Gasteiger partial charge >= 0.3 is 0 Å². The molecular weight excluding hydrogens is 156 g/mol. The third-order valence-corrected chi connectivity index (χ3v) is 3.16. The summed E-state index contributed by atoms with van der Waals surface area (Å²) in [6.07, 6.45) is -0.504. The van der Waals surface area contributed by atoms with E-state index >= 15 is 0 Å². The fourth-order valence-corrected chi connectivity index (χ4v) is 2.23. The molecule has 0 aromatic rings. The number of hydrogen-bond donors (Lipinski definition) is 1. The van der Waals surface area contributed by atoms with E-state index in [0.29, 0.717) is 12.5 Å². The third-order valence-electron chi connectivity index (χ3n) is 3.16. The van der Waals surface area contributed by atoms with Gasteiger partial charge in [-0.25, -0.2) is 0 Å². The number of fused-ring (bicyclic) bond motifs is 2. The Hall–Kier alpha value is -0.120. The molecule has 2 saturated heterocycles. The molecule has 4 atom stereocenters. The van der Waals surface area contributed by atoms with Gasteiger partial charge in [-0.15, -0.1) is 0 Å². The zero-order valence-electron chi connectivity index (χ0n) is 7.78. The van der Waals surface area contributed by atoms with Gasteiger partial charge in [0.25, 0.3) is 0 Å². The summed E-state index contributed by atoms with van der Waals surface area (Å²) in [4.78, 5) is 0. The number of rotatable bonds is 1. The molecule has 2 aliphatic heterocycles. The van der Waals surface area contributed by atoms with Gasteiger partial charge in [0.1, 0.15) is 17.8 Å². The zero-order chi connectivity index (χ0) is 8.93. The fourth-order valence-electron chi connectivity index (χ4n) is 2.23. The van der Waals surface area contributed by atoms with E-state index in [-0.39, 0.29) is 12.2 Å². The predicted molar refractivity (Wildman–Crippen MR) is 43.9 cm³/mol. The summed E-state index contributed by atoms with van der Waals surface area (Å²) in [7, 11) is 0. The number of ether oxygens (including phenoxy) is 2. The van der Waals surface area contributed by atoms with Crippen LogP contribution in [0.5, 0.6) is 0 Å². The van der Waals surface area contributed by atoms with E-state index in [2.05, 4.69) is 13.8 Å². The summed E-state index contributed by atoms with van der Waals surface area (Å²) in [6, 6.07) is 0. The second kappa shape index (κ2) is 2.44. The van der Waals surface area contributed by atoms with E-state index in [9.17, 15) is 5.11 Å². The van der Waals surface area contributed by atoms with Crippen molar-refractivity contribution in [2.45, 2.75) is 44.7 Å². The van der Waals surface area contributed by atoms with Gasteiger partial charge in [0.2, 0.25) is 0 Å². The average molecular weight is 172 g/mol. The standard InChI is InChI=1S/C9H16O3/c1-5(2)9-4-11-7(8(9)10)6(3)12-9/h5-8,10H,4H2,1-3H3/t6-,7-,8-,9+/m0/s1. The fraction of sp³-hybridized carbons (Fsp3) is 1.00. The molecule has 12 heavy (non-hydrogen) atoms. The highest BCUT2D eigenvalue weighted by molar-refractivity contribution is 5.08. The summed E-state index contributed by atoms with van der Waals surface area (Å²) in [5.41, 5.74) is -0.427.